The fourth-order valence-corrected chi connectivity index (χ4v) is 1.42. The Morgan fingerprint density at radius 1 is 1.26 bits per heavy atom. The number of aromatic nitrogens is 2. The molecule has 1 heterocycles. The quantitative estimate of drug-likeness (QED) is 0.631. The summed E-state index contributed by atoms with van der Waals surface area (Å²) in [6.07, 6.45) is 2.81. The fraction of sp³-hybridized carbons (Fsp3) is 0.154. The van der Waals surface area contributed by atoms with Crippen LogP contribution in [-0.2, 0) is 0 Å². The highest BCUT2D eigenvalue weighted by Crippen LogP contribution is 2.23. The lowest BCUT2D eigenvalue weighted by Gasteiger charge is -2.07. The van der Waals surface area contributed by atoms with Gasteiger partial charge in [0.25, 0.3) is 0 Å². The Labute approximate surface area is 110 Å². The van der Waals surface area contributed by atoms with E-state index in [9.17, 15) is 0 Å². The van der Waals surface area contributed by atoms with Gasteiger partial charge < -0.3 is 15.2 Å². The van der Waals surface area contributed by atoms with Crippen LogP contribution < -0.4 is 15.2 Å². The Kier molecular flexibility index (Phi) is 3.92. The molecule has 98 valence electrons. The Hall–Kier alpha value is -2.63. The Balaban J connectivity index is 2.12. The zero-order chi connectivity index (χ0) is 13.7. The summed E-state index contributed by atoms with van der Waals surface area (Å²) < 4.78 is 10.9. The Morgan fingerprint density at radius 2 is 2.05 bits per heavy atom. The number of hydrogen-bond donors (Lipinski definition) is 2. The normalized spacial score (nSPS) is 9.95. The summed E-state index contributed by atoms with van der Waals surface area (Å²) in [6.45, 7) is 2.51. The number of hydrogen-bond acceptors (Lipinski definition) is 5. The highest BCUT2D eigenvalue weighted by molar-refractivity contribution is 5.92. The van der Waals surface area contributed by atoms with E-state index < -0.39 is 0 Å². The topological polar surface area (TPSA) is 94.1 Å². The summed E-state index contributed by atoms with van der Waals surface area (Å²) >= 11 is 0. The highest BCUT2D eigenvalue weighted by atomic mass is 16.5. The summed E-state index contributed by atoms with van der Waals surface area (Å²) in [5.41, 5.74) is 5.61. The number of nitrogens with one attached hydrogen (secondary N) is 1. The van der Waals surface area contributed by atoms with Gasteiger partial charge in [-0.2, -0.15) is 0 Å². The monoisotopic (exact) mass is 258 g/mol. The van der Waals surface area contributed by atoms with E-state index in [0.29, 0.717) is 23.9 Å². The lowest BCUT2D eigenvalue weighted by atomic mass is 10.3. The van der Waals surface area contributed by atoms with E-state index in [-0.39, 0.29) is 5.84 Å². The third kappa shape index (κ3) is 3.41. The molecule has 0 saturated carbocycles. The highest BCUT2D eigenvalue weighted by Gasteiger charge is 2.03. The summed E-state index contributed by atoms with van der Waals surface area (Å²) in [6, 6.07) is 7.24. The van der Waals surface area contributed by atoms with E-state index in [0.717, 1.165) is 5.75 Å². The molecule has 6 nitrogen and oxygen atoms in total. The number of rotatable bonds is 5. The number of benzene rings is 1. The van der Waals surface area contributed by atoms with Gasteiger partial charge in [0.15, 0.2) is 0 Å². The molecule has 0 atom stereocenters. The van der Waals surface area contributed by atoms with Crippen molar-refractivity contribution in [2.75, 3.05) is 6.61 Å². The van der Waals surface area contributed by atoms with Crippen molar-refractivity contribution < 1.29 is 9.47 Å². The van der Waals surface area contributed by atoms with Crippen molar-refractivity contribution in [3.8, 4) is 17.4 Å². The largest absolute Gasteiger partial charge is 0.494 e. The lowest BCUT2D eigenvalue weighted by Crippen LogP contribution is -2.13. The van der Waals surface area contributed by atoms with Gasteiger partial charge in [0.1, 0.15) is 23.0 Å². The van der Waals surface area contributed by atoms with Crippen LogP contribution in [0.3, 0.4) is 0 Å². The van der Waals surface area contributed by atoms with Gasteiger partial charge in [0.05, 0.1) is 19.0 Å². The molecule has 0 fully saturated rings. The van der Waals surface area contributed by atoms with Crippen LogP contribution in [0.25, 0.3) is 0 Å². The molecule has 0 aliphatic heterocycles. The van der Waals surface area contributed by atoms with E-state index in [4.69, 9.17) is 20.6 Å². The second-order valence-corrected chi connectivity index (χ2v) is 3.66. The van der Waals surface area contributed by atoms with Crippen molar-refractivity contribution in [1.29, 1.82) is 5.41 Å². The minimum Gasteiger partial charge on any atom is -0.494 e. The number of nitrogen functional groups attached to an aromatic ring is 1. The molecule has 6 heteroatoms. The van der Waals surface area contributed by atoms with Crippen molar-refractivity contribution >= 4 is 5.84 Å². The molecule has 0 unspecified atom stereocenters. The van der Waals surface area contributed by atoms with Crippen LogP contribution in [0.2, 0.25) is 0 Å². The first-order valence-corrected chi connectivity index (χ1v) is 5.76. The van der Waals surface area contributed by atoms with E-state index in [1.807, 2.05) is 19.1 Å². The maximum absolute atomic E-state index is 7.22. The zero-order valence-corrected chi connectivity index (χ0v) is 10.5. The van der Waals surface area contributed by atoms with Gasteiger partial charge in [-0.15, -0.1) is 0 Å². The van der Waals surface area contributed by atoms with E-state index in [1.165, 1.54) is 12.4 Å². The molecular formula is C13H14N4O2. The molecular weight excluding hydrogens is 244 g/mol. The molecule has 0 radical (unpaired) electrons. The first-order valence-electron chi connectivity index (χ1n) is 5.76. The molecule has 0 saturated heterocycles. The first kappa shape index (κ1) is 12.8. The third-order valence-electron chi connectivity index (χ3n) is 2.24. The third-order valence-corrected chi connectivity index (χ3v) is 2.24. The number of amidine groups is 1. The van der Waals surface area contributed by atoms with Crippen molar-refractivity contribution in [2.24, 2.45) is 5.73 Å². The number of ether oxygens (including phenoxy) is 2. The Bertz CT molecular complexity index is 569. The maximum atomic E-state index is 7.22. The Morgan fingerprint density at radius 3 is 2.68 bits per heavy atom. The molecule has 1 aromatic heterocycles. The molecule has 0 amide bonds. The van der Waals surface area contributed by atoms with Gasteiger partial charge in [-0.25, -0.2) is 9.97 Å². The van der Waals surface area contributed by atoms with Gasteiger partial charge >= 0.3 is 0 Å². The van der Waals surface area contributed by atoms with Gasteiger partial charge in [0, 0.05) is 6.07 Å². The van der Waals surface area contributed by atoms with Crippen LogP contribution in [0.5, 0.6) is 17.4 Å². The van der Waals surface area contributed by atoms with E-state index >= 15 is 0 Å². The minimum atomic E-state index is -0.127. The van der Waals surface area contributed by atoms with Crippen LogP contribution in [0.4, 0.5) is 0 Å². The molecule has 0 aliphatic rings. The first-order chi connectivity index (χ1) is 9.19. The van der Waals surface area contributed by atoms with Crippen molar-refractivity contribution in [3.05, 3.63) is 42.4 Å². The predicted molar refractivity (Wildman–Crippen MR) is 70.7 cm³/mol. The molecule has 19 heavy (non-hydrogen) atoms. The average molecular weight is 258 g/mol. The minimum absolute atomic E-state index is 0.127. The number of nitrogens with two attached hydrogens (primary N) is 1. The number of nitrogens with zero attached hydrogens (tertiary/aromatic N) is 2. The molecule has 3 N–H and O–H groups in total. The maximum Gasteiger partial charge on any atom is 0.237 e. The molecule has 1 aromatic carbocycles. The molecule has 2 aromatic rings. The van der Waals surface area contributed by atoms with Crippen molar-refractivity contribution in [1.82, 2.24) is 9.97 Å². The molecule has 2 rings (SSSR count). The van der Waals surface area contributed by atoms with Crippen LogP contribution >= 0.6 is 0 Å². The summed E-state index contributed by atoms with van der Waals surface area (Å²) in [4.78, 5) is 7.99. The summed E-state index contributed by atoms with van der Waals surface area (Å²) in [5.74, 6) is 1.54. The lowest BCUT2D eigenvalue weighted by molar-refractivity contribution is 0.338. The van der Waals surface area contributed by atoms with E-state index in [1.54, 1.807) is 12.1 Å². The smallest absolute Gasteiger partial charge is 0.237 e. The van der Waals surface area contributed by atoms with Gasteiger partial charge in [0.2, 0.25) is 5.88 Å². The second kappa shape index (κ2) is 5.81. The van der Waals surface area contributed by atoms with Gasteiger partial charge in [-0.05, 0) is 19.1 Å². The van der Waals surface area contributed by atoms with Crippen LogP contribution in [0.1, 0.15) is 12.6 Å². The molecule has 0 spiro atoms. The average Bonchev–Trinajstić information content (AvgIpc) is 2.40. The van der Waals surface area contributed by atoms with Gasteiger partial charge in [-0.3, -0.25) is 5.41 Å². The molecule has 0 bridgehead atoms. The fourth-order valence-electron chi connectivity index (χ4n) is 1.42. The van der Waals surface area contributed by atoms with Crippen LogP contribution in [0, 0.1) is 5.41 Å². The summed E-state index contributed by atoms with van der Waals surface area (Å²) in [7, 11) is 0. The van der Waals surface area contributed by atoms with Crippen LogP contribution in [0.15, 0.2) is 36.7 Å². The SMILES string of the molecule is CCOc1cccc(Oc2cnc(C(=N)N)cn2)c1. The predicted octanol–water partition coefficient (Wildman–Crippen LogP) is 1.95. The van der Waals surface area contributed by atoms with Crippen molar-refractivity contribution in [2.45, 2.75) is 6.92 Å². The van der Waals surface area contributed by atoms with Crippen molar-refractivity contribution in [3.63, 3.8) is 0 Å². The van der Waals surface area contributed by atoms with Crippen LogP contribution in [-0.4, -0.2) is 22.4 Å². The molecule has 0 aliphatic carbocycles. The van der Waals surface area contributed by atoms with Gasteiger partial charge in [-0.1, -0.05) is 6.07 Å². The summed E-state index contributed by atoms with van der Waals surface area (Å²) in [5, 5.41) is 7.22. The zero-order valence-electron chi connectivity index (χ0n) is 10.5. The second-order valence-electron chi connectivity index (χ2n) is 3.66. The standard InChI is InChI=1S/C13H14N4O2/c1-2-18-9-4-3-5-10(6-9)19-12-8-16-11(7-17-12)13(14)15/h3-8H,2H2,1H3,(H3,14,15). The van der Waals surface area contributed by atoms with E-state index in [2.05, 4.69) is 9.97 Å².